The Balaban J connectivity index is 2.19. The summed E-state index contributed by atoms with van der Waals surface area (Å²) in [5.74, 6) is 1.93. The Bertz CT molecular complexity index is 534. The van der Waals surface area contributed by atoms with E-state index in [-0.39, 0.29) is 0 Å². The molecule has 0 spiro atoms. The second kappa shape index (κ2) is 6.38. The third-order valence-corrected chi connectivity index (χ3v) is 3.17. The van der Waals surface area contributed by atoms with Crippen LogP contribution in [0, 0.1) is 6.92 Å². The molecule has 0 bridgehead atoms. The predicted octanol–water partition coefficient (Wildman–Crippen LogP) is 2.36. The molecule has 1 aromatic heterocycles. The van der Waals surface area contributed by atoms with Crippen LogP contribution in [0.4, 0.5) is 0 Å². The van der Waals surface area contributed by atoms with Crippen LogP contribution in [0.25, 0.3) is 0 Å². The Hall–Kier alpha value is -1.81. The molecular formula is C15H21N3O. The Morgan fingerprint density at radius 2 is 2.21 bits per heavy atom. The number of aromatic nitrogens is 2. The second-order valence-electron chi connectivity index (χ2n) is 4.51. The number of rotatable bonds is 6. The highest BCUT2D eigenvalue weighted by Gasteiger charge is 2.07. The number of ether oxygens (including phenoxy) is 1. The molecular weight excluding hydrogens is 238 g/mol. The van der Waals surface area contributed by atoms with E-state index in [1.165, 1.54) is 11.3 Å². The van der Waals surface area contributed by atoms with Crippen molar-refractivity contribution < 1.29 is 4.74 Å². The molecule has 1 N–H and O–H groups in total. The van der Waals surface area contributed by atoms with E-state index in [1.807, 2.05) is 25.3 Å². The minimum absolute atomic E-state index is 0.823. The summed E-state index contributed by atoms with van der Waals surface area (Å²) < 4.78 is 7.50. The third kappa shape index (κ3) is 3.35. The molecule has 0 fully saturated rings. The molecule has 2 aromatic rings. The van der Waals surface area contributed by atoms with E-state index >= 15 is 0 Å². The first-order valence-corrected chi connectivity index (χ1v) is 6.59. The lowest BCUT2D eigenvalue weighted by Crippen LogP contribution is -2.16. The number of nitrogens with one attached hydrogen (secondary N) is 1. The van der Waals surface area contributed by atoms with Gasteiger partial charge in [0.2, 0.25) is 0 Å². The molecule has 19 heavy (non-hydrogen) atoms. The van der Waals surface area contributed by atoms with E-state index in [0.717, 1.165) is 31.2 Å². The van der Waals surface area contributed by atoms with Gasteiger partial charge in [-0.3, -0.25) is 0 Å². The smallest absolute Gasteiger partial charge is 0.119 e. The summed E-state index contributed by atoms with van der Waals surface area (Å²) in [6.45, 7) is 6.78. The van der Waals surface area contributed by atoms with Gasteiger partial charge in [0, 0.05) is 19.3 Å². The average Bonchev–Trinajstić information content (AvgIpc) is 2.78. The summed E-state index contributed by atoms with van der Waals surface area (Å²) in [5, 5.41) is 3.34. The Morgan fingerprint density at radius 3 is 2.95 bits per heavy atom. The van der Waals surface area contributed by atoms with E-state index < -0.39 is 0 Å². The van der Waals surface area contributed by atoms with Crippen LogP contribution in [0.1, 0.15) is 24.0 Å². The second-order valence-corrected chi connectivity index (χ2v) is 4.51. The van der Waals surface area contributed by atoms with Gasteiger partial charge >= 0.3 is 0 Å². The Kier molecular flexibility index (Phi) is 4.58. The molecule has 1 aromatic carbocycles. The number of methoxy groups -OCH3 is 1. The molecule has 0 saturated carbocycles. The van der Waals surface area contributed by atoms with Gasteiger partial charge in [-0.15, -0.1) is 0 Å². The van der Waals surface area contributed by atoms with Crippen LogP contribution >= 0.6 is 0 Å². The molecule has 0 aliphatic rings. The van der Waals surface area contributed by atoms with Crippen molar-refractivity contribution in [2.24, 2.45) is 0 Å². The van der Waals surface area contributed by atoms with Gasteiger partial charge in [-0.05, 0) is 31.2 Å². The summed E-state index contributed by atoms with van der Waals surface area (Å²) in [6.07, 6.45) is 1.94. The van der Waals surface area contributed by atoms with Crippen LogP contribution in [0.3, 0.4) is 0 Å². The minimum atomic E-state index is 0.823. The van der Waals surface area contributed by atoms with Crippen LogP contribution in [0.5, 0.6) is 5.75 Å². The molecule has 0 amide bonds. The number of benzene rings is 1. The number of imidazole rings is 1. The van der Waals surface area contributed by atoms with Gasteiger partial charge in [0.1, 0.15) is 11.6 Å². The average molecular weight is 259 g/mol. The number of nitrogens with zero attached hydrogens (tertiary/aromatic N) is 2. The van der Waals surface area contributed by atoms with Gasteiger partial charge in [-0.1, -0.05) is 19.1 Å². The molecule has 0 aliphatic heterocycles. The van der Waals surface area contributed by atoms with Gasteiger partial charge in [0.05, 0.1) is 12.8 Å². The van der Waals surface area contributed by atoms with Crippen LogP contribution in [-0.2, 0) is 13.1 Å². The topological polar surface area (TPSA) is 39.1 Å². The van der Waals surface area contributed by atoms with Crippen LogP contribution in [-0.4, -0.2) is 23.2 Å². The van der Waals surface area contributed by atoms with Gasteiger partial charge in [0.25, 0.3) is 0 Å². The van der Waals surface area contributed by atoms with Crippen molar-refractivity contribution in [1.82, 2.24) is 14.9 Å². The van der Waals surface area contributed by atoms with Gasteiger partial charge in [-0.2, -0.15) is 0 Å². The summed E-state index contributed by atoms with van der Waals surface area (Å²) in [7, 11) is 1.69. The van der Waals surface area contributed by atoms with Crippen molar-refractivity contribution in [2.45, 2.75) is 26.9 Å². The van der Waals surface area contributed by atoms with E-state index in [1.54, 1.807) is 7.11 Å². The fourth-order valence-corrected chi connectivity index (χ4v) is 2.08. The first-order valence-electron chi connectivity index (χ1n) is 6.59. The molecule has 4 heteroatoms. The highest BCUT2D eigenvalue weighted by atomic mass is 16.5. The van der Waals surface area contributed by atoms with Gasteiger partial charge in [-0.25, -0.2) is 4.98 Å². The van der Waals surface area contributed by atoms with E-state index in [4.69, 9.17) is 4.74 Å². The molecule has 0 unspecified atom stereocenters. The largest absolute Gasteiger partial charge is 0.497 e. The molecule has 0 radical (unpaired) electrons. The maximum atomic E-state index is 5.26. The predicted molar refractivity (Wildman–Crippen MR) is 76.4 cm³/mol. The highest BCUT2D eigenvalue weighted by molar-refractivity contribution is 5.29. The van der Waals surface area contributed by atoms with Crippen molar-refractivity contribution in [3.63, 3.8) is 0 Å². The lowest BCUT2D eigenvalue weighted by Gasteiger charge is -2.11. The SMILES string of the molecule is CCNCc1cnc(C)n1Cc1cccc(OC)c1. The summed E-state index contributed by atoms with van der Waals surface area (Å²) >= 11 is 0. The molecule has 0 atom stereocenters. The summed E-state index contributed by atoms with van der Waals surface area (Å²) in [5.41, 5.74) is 2.43. The zero-order chi connectivity index (χ0) is 13.7. The quantitative estimate of drug-likeness (QED) is 0.865. The number of aryl methyl sites for hydroxylation is 1. The first-order chi connectivity index (χ1) is 9.24. The normalized spacial score (nSPS) is 10.7. The zero-order valence-electron chi connectivity index (χ0n) is 11.8. The van der Waals surface area contributed by atoms with Gasteiger partial charge in [0.15, 0.2) is 0 Å². The van der Waals surface area contributed by atoms with Crippen molar-refractivity contribution in [1.29, 1.82) is 0 Å². The van der Waals surface area contributed by atoms with Crippen molar-refractivity contribution in [3.8, 4) is 5.75 Å². The van der Waals surface area contributed by atoms with Crippen LogP contribution in [0.2, 0.25) is 0 Å². The van der Waals surface area contributed by atoms with Crippen LogP contribution < -0.4 is 10.1 Å². The summed E-state index contributed by atoms with van der Waals surface area (Å²) in [4.78, 5) is 4.40. The molecule has 0 saturated heterocycles. The maximum absolute atomic E-state index is 5.26. The van der Waals surface area contributed by atoms with E-state index in [0.29, 0.717) is 0 Å². The Labute approximate surface area is 114 Å². The van der Waals surface area contributed by atoms with Crippen molar-refractivity contribution >= 4 is 0 Å². The molecule has 102 valence electrons. The van der Waals surface area contributed by atoms with E-state index in [9.17, 15) is 0 Å². The number of hydrogen-bond acceptors (Lipinski definition) is 3. The molecule has 1 heterocycles. The molecule has 4 nitrogen and oxygen atoms in total. The first kappa shape index (κ1) is 13.6. The van der Waals surface area contributed by atoms with Gasteiger partial charge < -0.3 is 14.6 Å². The maximum Gasteiger partial charge on any atom is 0.119 e. The van der Waals surface area contributed by atoms with E-state index in [2.05, 4.69) is 33.9 Å². The lowest BCUT2D eigenvalue weighted by atomic mass is 10.2. The monoisotopic (exact) mass is 259 g/mol. The fraction of sp³-hybridized carbons (Fsp3) is 0.400. The zero-order valence-corrected chi connectivity index (χ0v) is 11.8. The molecule has 0 aliphatic carbocycles. The fourth-order valence-electron chi connectivity index (χ4n) is 2.08. The highest BCUT2D eigenvalue weighted by Crippen LogP contribution is 2.15. The van der Waals surface area contributed by atoms with Crippen LogP contribution in [0.15, 0.2) is 30.5 Å². The lowest BCUT2D eigenvalue weighted by molar-refractivity contribution is 0.414. The third-order valence-electron chi connectivity index (χ3n) is 3.17. The number of hydrogen-bond donors (Lipinski definition) is 1. The van der Waals surface area contributed by atoms with Crippen molar-refractivity contribution in [3.05, 3.63) is 47.5 Å². The Morgan fingerprint density at radius 1 is 1.37 bits per heavy atom. The molecule has 2 rings (SSSR count). The van der Waals surface area contributed by atoms with Crippen molar-refractivity contribution in [2.75, 3.05) is 13.7 Å². The summed E-state index contributed by atoms with van der Waals surface area (Å²) in [6, 6.07) is 8.16. The standard InChI is InChI=1S/C15H21N3O/c1-4-16-9-14-10-17-12(2)18(14)11-13-6-5-7-15(8-13)19-3/h5-8,10,16H,4,9,11H2,1-3H3. The minimum Gasteiger partial charge on any atom is -0.497 e.